The van der Waals surface area contributed by atoms with Gasteiger partial charge in [0.2, 0.25) is 11.8 Å². The number of hydrogen-bond donors (Lipinski definition) is 4. The molecule has 2 aromatic carbocycles. The number of nitrogens with zero attached hydrogens (tertiary/aromatic N) is 1. The van der Waals surface area contributed by atoms with E-state index in [0.717, 1.165) is 28.6 Å². The number of esters is 1. The molecule has 0 unspecified atom stereocenters. The number of thiophene rings is 1. The first-order valence-electron chi connectivity index (χ1n) is 13.0. The lowest BCUT2D eigenvalue weighted by molar-refractivity contribution is -0.129. The van der Waals surface area contributed by atoms with Crippen LogP contribution in [0, 0.1) is 0 Å². The number of carboxylic acids is 2. The van der Waals surface area contributed by atoms with Gasteiger partial charge in [-0.3, -0.25) is 14.4 Å². The summed E-state index contributed by atoms with van der Waals surface area (Å²) in [5.74, 6) is -4.53. The Morgan fingerprint density at radius 2 is 1.77 bits per heavy atom. The number of amides is 3. The molecule has 3 amide bonds. The van der Waals surface area contributed by atoms with E-state index in [1.165, 1.54) is 30.0 Å². The van der Waals surface area contributed by atoms with Crippen molar-refractivity contribution >= 4 is 69.4 Å². The Hall–Kier alpha value is -4.69. The summed E-state index contributed by atoms with van der Waals surface area (Å²) in [6.07, 6.45) is 0.473. The van der Waals surface area contributed by atoms with Crippen molar-refractivity contribution in [2.45, 2.75) is 31.7 Å². The molecule has 4 rings (SSSR count). The van der Waals surface area contributed by atoms with Crippen molar-refractivity contribution in [2.75, 3.05) is 29.5 Å². The summed E-state index contributed by atoms with van der Waals surface area (Å²) in [5, 5.41) is 24.4. The predicted molar refractivity (Wildman–Crippen MR) is 159 cm³/mol. The highest BCUT2D eigenvalue weighted by Crippen LogP contribution is 2.38. The Morgan fingerprint density at radius 1 is 1.00 bits per heavy atom. The molecule has 0 saturated heterocycles. The van der Waals surface area contributed by atoms with Crippen molar-refractivity contribution in [3.63, 3.8) is 0 Å². The van der Waals surface area contributed by atoms with Gasteiger partial charge in [0.25, 0.3) is 5.91 Å². The molecule has 0 saturated carbocycles. The summed E-state index contributed by atoms with van der Waals surface area (Å²) >= 11 is 2.42. The van der Waals surface area contributed by atoms with E-state index in [4.69, 9.17) is 9.84 Å². The molecule has 4 N–H and O–H groups in total. The van der Waals surface area contributed by atoms with Gasteiger partial charge in [0.1, 0.15) is 5.00 Å². The molecular formula is C29H27N3O9S2. The van der Waals surface area contributed by atoms with Crippen molar-refractivity contribution in [1.29, 1.82) is 0 Å². The summed E-state index contributed by atoms with van der Waals surface area (Å²) in [7, 11) is 0. The Balaban J connectivity index is 1.44. The Labute approximate surface area is 254 Å². The van der Waals surface area contributed by atoms with Gasteiger partial charge in [0.15, 0.2) is 0 Å². The number of carbonyl (C=O) groups excluding carboxylic acids is 4. The average Bonchev–Trinajstić information content (AvgIpc) is 3.32. The van der Waals surface area contributed by atoms with E-state index in [9.17, 15) is 33.9 Å². The zero-order chi connectivity index (χ0) is 31.3. The van der Waals surface area contributed by atoms with Gasteiger partial charge in [-0.1, -0.05) is 6.07 Å². The van der Waals surface area contributed by atoms with Crippen LogP contribution in [-0.4, -0.2) is 69.6 Å². The van der Waals surface area contributed by atoms with Crippen molar-refractivity contribution in [1.82, 2.24) is 4.90 Å². The molecular weight excluding hydrogens is 598 g/mol. The normalized spacial score (nSPS) is 12.2. The van der Waals surface area contributed by atoms with Gasteiger partial charge in [-0.05, 0) is 55.3 Å². The molecule has 224 valence electrons. The monoisotopic (exact) mass is 625 g/mol. The van der Waals surface area contributed by atoms with Gasteiger partial charge in [0.05, 0.1) is 41.2 Å². The highest BCUT2D eigenvalue weighted by atomic mass is 32.2. The first kappa shape index (κ1) is 31.3. The second kappa shape index (κ2) is 13.5. The van der Waals surface area contributed by atoms with Crippen LogP contribution in [0.5, 0.6) is 0 Å². The smallest absolute Gasteiger partial charge is 0.341 e. The standard InChI is InChI=1S/C29H27N3O9S2/c1-3-41-29(40)24-20-9-10-32(15(2)33)13-22(20)43-26(24)31-23(34)14-42-18-6-4-5-17(12-18)30-25(35)19-8-7-16(27(36)37)11-21(19)28(38)39/h4-8,11-12H,3,9-10,13-14H2,1-2H3,(H,30,35)(H,31,34)(H,36,37)(H,38,39). The molecule has 0 atom stereocenters. The van der Waals surface area contributed by atoms with Gasteiger partial charge in [-0.25, -0.2) is 14.4 Å². The van der Waals surface area contributed by atoms with E-state index in [-0.39, 0.29) is 35.3 Å². The zero-order valence-corrected chi connectivity index (χ0v) is 24.7. The van der Waals surface area contributed by atoms with E-state index >= 15 is 0 Å². The molecule has 12 nitrogen and oxygen atoms in total. The van der Waals surface area contributed by atoms with E-state index < -0.39 is 29.4 Å². The maximum absolute atomic E-state index is 12.9. The number of aromatic carboxylic acids is 2. The van der Waals surface area contributed by atoms with Crippen LogP contribution in [0.3, 0.4) is 0 Å². The number of benzene rings is 2. The maximum Gasteiger partial charge on any atom is 0.341 e. The zero-order valence-electron chi connectivity index (χ0n) is 23.1. The molecule has 0 radical (unpaired) electrons. The van der Waals surface area contributed by atoms with E-state index in [1.807, 2.05) is 0 Å². The minimum Gasteiger partial charge on any atom is -0.478 e. The van der Waals surface area contributed by atoms with E-state index in [0.29, 0.717) is 40.7 Å². The molecule has 1 aliphatic heterocycles. The second-order valence-electron chi connectivity index (χ2n) is 9.31. The van der Waals surface area contributed by atoms with Gasteiger partial charge in [-0.15, -0.1) is 23.1 Å². The minimum atomic E-state index is -1.45. The van der Waals surface area contributed by atoms with Gasteiger partial charge in [0, 0.05) is 28.9 Å². The van der Waals surface area contributed by atoms with Crippen molar-refractivity contribution in [2.24, 2.45) is 0 Å². The highest BCUT2D eigenvalue weighted by Gasteiger charge is 2.30. The number of thioether (sulfide) groups is 1. The fourth-order valence-corrected chi connectivity index (χ4v) is 6.43. The van der Waals surface area contributed by atoms with Crippen LogP contribution < -0.4 is 10.6 Å². The Morgan fingerprint density at radius 3 is 2.44 bits per heavy atom. The molecule has 2 heterocycles. The molecule has 1 aromatic heterocycles. The molecule has 0 fully saturated rings. The van der Waals surface area contributed by atoms with Gasteiger partial charge in [-0.2, -0.15) is 0 Å². The van der Waals surface area contributed by atoms with Crippen LogP contribution >= 0.6 is 23.1 Å². The lowest BCUT2D eigenvalue weighted by atomic mass is 10.0. The average molecular weight is 626 g/mol. The van der Waals surface area contributed by atoms with Gasteiger partial charge >= 0.3 is 17.9 Å². The third kappa shape index (κ3) is 7.40. The molecule has 0 aliphatic carbocycles. The fourth-order valence-electron chi connectivity index (χ4n) is 4.41. The SMILES string of the molecule is CCOC(=O)c1c(NC(=O)CSc2cccc(NC(=O)c3ccc(C(=O)O)cc3C(=O)O)c2)sc2c1CCN(C(C)=O)C2. The molecule has 0 bridgehead atoms. The summed E-state index contributed by atoms with van der Waals surface area (Å²) in [6.45, 7) is 4.16. The summed E-state index contributed by atoms with van der Waals surface area (Å²) in [6, 6.07) is 9.76. The molecule has 0 spiro atoms. The maximum atomic E-state index is 12.9. The van der Waals surface area contributed by atoms with Gasteiger partial charge < -0.3 is 30.5 Å². The largest absolute Gasteiger partial charge is 0.478 e. The molecule has 1 aliphatic rings. The number of carbonyl (C=O) groups is 6. The highest BCUT2D eigenvalue weighted by molar-refractivity contribution is 8.00. The number of carboxylic acid groups (broad SMARTS) is 2. The number of anilines is 2. The first-order chi connectivity index (χ1) is 20.5. The van der Waals surface area contributed by atoms with Crippen LogP contribution in [0.4, 0.5) is 10.7 Å². The topological polar surface area (TPSA) is 179 Å². The fraction of sp³-hybridized carbons (Fsp3) is 0.241. The van der Waals surface area contributed by atoms with Crippen molar-refractivity contribution < 1.29 is 43.7 Å². The third-order valence-corrected chi connectivity index (χ3v) is 8.56. The van der Waals surface area contributed by atoms with Crippen LogP contribution in [0.25, 0.3) is 0 Å². The predicted octanol–water partition coefficient (Wildman–Crippen LogP) is 4.21. The number of fused-ring (bicyclic) bond motifs is 1. The summed E-state index contributed by atoms with van der Waals surface area (Å²) < 4.78 is 5.23. The summed E-state index contributed by atoms with van der Waals surface area (Å²) in [4.78, 5) is 76.3. The number of hydrogen-bond acceptors (Lipinski definition) is 9. The quantitative estimate of drug-likeness (QED) is 0.188. The second-order valence-corrected chi connectivity index (χ2v) is 11.5. The van der Waals surface area contributed by atoms with E-state index in [2.05, 4.69) is 10.6 Å². The van der Waals surface area contributed by atoms with Crippen molar-refractivity contribution in [3.05, 3.63) is 75.2 Å². The summed E-state index contributed by atoms with van der Waals surface area (Å²) in [5.41, 5.74) is 0.491. The Kier molecular flexibility index (Phi) is 9.83. The van der Waals surface area contributed by atoms with Crippen LogP contribution in [-0.2, 0) is 27.3 Å². The number of nitrogens with one attached hydrogen (secondary N) is 2. The Bertz CT molecular complexity index is 1630. The molecule has 43 heavy (non-hydrogen) atoms. The third-order valence-electron chi connectivity index (χ3n) is 6.44. The van der Waals surface area contributed by atoms with Crippen LogP contribution in [0.1, 0.15) is 65.7 Å². The first-order valence-corrected chi connectivity index (χ1v) is 14.8. The minimum absolute atomic E-state index is 0.0262. The van der Waals surface area contributed by atoms with E-state index in [1.54, 1.807) is 36.1 Å². The lowest BCUT2D eigenvalue weighted by Crippen LogP contribution is -2.34. The van der Waals surface area contributed by atoms with Crippen LogP contribution in [0.2, 0.25) is 0 Å². The van der Waals surface area contributed by atoms with Crippen molar-refractivity contribution in [3.8, 4) is 0 Å². The van der Waals surface area contributed by atoms with Crippen LogP contribution in [0.15, 0.2) is 47.4 Å². The molecule has 3 aromatic rings. The number of rotatable bonds is 10. The number of ether oxygens (including phenoxy) is 1. The molecule has 14 heteroatoms. The lowest BCUT2D eigenvalue weighted by Gasteiger charge is -2.25.